The van der Waals surface area contributed by atoms with E-state index in [1.807, 2.05) is 43.3 Å². The molecule has 1 atom stereocenters. The molecule has 1 N–H and O–H groups in total. The first-order valence-electron chi connectivity index (χ1n) is 7.83. The smallest absolute Gasteiger partial charge is 0.129 e. The van der Waals surface area contributed by atoms with Gasteiger partial charge < -0.3 is 0 Å². The lowest BCUT2D eigenvalue weighted by Gasteiger charge is -2.04. The highest BCUT2D eigenvalue weighted by Crippen LogP contribution is 2.16. The first-order chi connectivity index (χ1) is 11.2. The molecular formula is C20H23NOSSi. The van der Waals surface area contributed by atoms with Crippen molar-refractivity contribution >= 4 is 23.9 Å². The summed E-state index contributed by atoms with van der Waals surface area (Å²) in [5.74, 6) is 3.21. The highest BCUT2D eigenvalue weighted by atomic mass is 32.2. The van der Waals surface area contributed by atoms with Gasteiger partial charge in [-0.1, -0.05) is 55.4 Å². The van der Waals surface area contributed by atoms with E-state index in [2.05, 4.69) is 31.1 Å². The second-order valence-corrected chi connectivity index (χ2v) is 13.5. The zero-order chi connectivity index (χ0) is 17.8. The van der Waals surface area contributed by atoms with Crippen LogP contribution >= 0.6 is 0 Å². The molecule has 24 heavy (non-hydrogen) atoms. The summed E-state index contributed by atoms with van der Waals surface area (Å²) < 4.78 is 20.6. The second kappa shape index (κ2) is 7.21. The van der Waals surface area contributed by atoms with Gasteiger partial charge >= 0.3 is 0 Å². The maximum Gasteiger partial charge on any atom is 0.129 e. The molecule has 4 heteroatoms. The molecule has 0 spiro atoms. The van der Waals surface area contributed by atoms with Gasteiger partial charge in [-0.3, -0.25) is 0 Å². The molecule has 0 fully saturated rings. The number of hydrogen-bond donors (Lipinski definition) is 1. The van der Waals surface area contributed by atoms with Gasteiger partial charge in [0.2, 0.25) is 0 Å². The molecule has 2 rings (SSSR count). The Morgan fingerprint density at radius 2 is 1.58 bits per heavy atom. The quantitative estimate of drug-likeness (QED) is 0.590. The lowest BCUT2D eigenvalue weighted by atomic mass is 10.1. The number of aryl methyl sites for hydroxylation is 1. The minimum absolute atomic E-state index is 0.530. The first-order valence-corrected chi connectivity index (χ1v) is 12.9. The van der Waals surface area contributed by atoms with E-state index in [0.717, 1.165) is 16.7 Å². The highest BCUT2D eigenvalue weighted by Gasteiger charge is 2.07. The van der Waals surface area contributed by atoms with Gasteiger partial charge in [-0.2, -0.15) is 0 Å². The van der Waals surface area contributed by atoms with E-state index in [9.17, 15) is 4.21 Å². The summed E-state index contributed by atoms with van der Waals surface area (Å²) in [5.41, 5.74) is 6.33. The van der Waals surface area contributed by atoms with Gasteiger partial charge in [0.1, 0.15) is 8.07 Å². The molecule has 0 amide bonds. The Hall–Kier alpha value is -2.09. The minimum Gasteiger partial charge on any atom is -0.245 e. The molecule has 2 aromatic rings. The van der Waals surface area contributed by atoms with Gasteiger partial charge in [0, 0.05) is 11.0 Å². The summed E-state index contributed by atoms with van der Waals surface area (Å²) in [6.45, 7) is 8.62. The van der Waals surface area contributed by atoms with Gasteiger partial charge in [-0.25, -0.2) is 8.99 Å². The van der Waals surface area contributed by atoms with Crippen LogP contribution in [0.4, 0.5) is 0 Å². The molecule has 0 bridgehead atoms. The fourth-order valence-corrected chi connectivity index (χ4v) is 3.50. The predicted octanol–water partition coefficient (Wildman–Crippen LogP) is 5.30. The van der Waals surface area contributed by atoms with E-state index in [0.29, 0.717) is 4.90 Å². The van der Waals surface area contributed by atoms with Crippen LogP contribution in [0.1, 0.15) is 16.7 Å². The molecule has 0 radical (unpaired) electrons. The summed E-state index contributed by atoms with van der Waals surface area (Å²) >= 11 is 0. The van der Waals surface area contributed by atoms with E-state index in [-0.39, 0.29) is 0 Å². The summed E-state index contributed by atoms with van der Waals surface area (Å²) in [5, 5.41) is 1.47. The molecule has 124 valence electrons. The Kier molecular flexibility index (Phi) is 5.48. The van der Waals surface area contributed by atoms with Gasteiger partial charge in [0.05, 0.1) is 14.6 Å². The van der Waals surface area contributed by atoms with E-state index < -0.39 is 17.8 Å². The van der Waals surface area contributed by atoms with Crippen molar-refractivity contribution in [3.63, 3.8) is 0 Å². The molecule has 0 heterocycles. The summed E-state index contributed by atoms with van der Waals surface area (Å²) in [4.78, 5) is 0.530. The summed E-state index contributed by atoms with van der Waals surface area (Å²) in [6.07, 6.45) is 1.74. The topological polar surface area (TPSA) is 40.9 Å². The van der Waals surface area contributed by atoms with Crippen LogP contribution in [-0.2, 0) is 9.73 Å². The van der Waals surface area contributed by atoms with Crippen LogP contribution in [0, 0.1) is 23.2 Å². The van der Waals surface area contributed by atoms with Crippen molar-refractivity contribution in [3.8, 4) is 11.5 Å². The first kappa shape index (κ1) is 18.2. The summed E-state index contributed by atoms with van der Waals surface area (Å²) in [7, 11) is -4.29. The molecule has 2 aromatic carbocycles. The van der Waals surface area contributed by atoms with Crippen molar-refractivity contribution in [1.82, 2.24) is 0 Å². The van der Waals surface area contributed by atoms with E-state index in [4.69, 9.17) is 4.78 Å². The van der Waals surface area contributed by atoms with Crippen LogP contribution in [-0.4, -0.2) is 12.3 Å². The Morgan fingerprint density at radius 3 is 2.12 bits per heavy atom. The van der Waals surface area contributed by atoms with Crippen LogP contribution < -0.4 is 0 Å². The van der Waals surface area contributed by atoms with Gasteiger partial charge in [-0.15, -0.1) is 5.54 Å². The molecule has 0 aliphatic carbocycles. The van der Waals surface area contributed by atoms with E-state index in [1.54, 1.807) is 18.2 Å². The molecule has 0 aliphatic heterocycles. The fourth-order valence-electron chi connectivity index (χ4n) is 1.93. The van der Waals surface area contributed by atoms with Crippen molar-refractivity contribution in [2.45, 2.75) is 31.5 Å². The lowest BCUT2D eigenvalue weighted by Crippen LogP contribution is -2.16. The fraction of sp³-hybridized carbons (Fsp3) is 0.200. The zero-order valence-electron chi connectivity index (χ0n) is 14.6. The monoisotopic (exact) mass is 353 g/mol. The van der Waals surface area contributed by atoms with Crippen LogP contribution in [0.3, 0.4) is 0 Å². The maximum absolute atomic E-state index is 12.5. The molecule has 2 nitrogen and oxygen atoms in total. The van der Waals surface area contributed by atoms with Gasteiger partial charge in [0.15, 0.2) is 0 Å². The third kappa shape index (κ3) is 5.52. The molecule has 0 saturated heterocycles. The number of hydrogen-bond acceptors (Lipinski definition) is 2. The Morgan fingerprint density at radius 1 is 1.00 bits per heavy atom. The van der Waals surface area contributed by atoms with E-state index in [1.165, 1.54) is 5.41 Å². The van der Waals surface area contributed by atoms with Crippen molar-refractivity contribution < 1.29 is 4.21 Å². The Balaban J connectivity index is 2.17. The largest absolute Gasteiger partial charge is 0.245 e. The average Bonchev–Trinajstić information content (AvgIpc) is 2.52. The van der Waals surface area contributed by atoms with Crippen LogP contribution in [0.2, 0.25) is 19.6 Å². The Bertz CT molecular complexity index is 891. The minimum atomic E-state index is -2.92. The summed E-state index contributed by atoms with van der Waals surface area (Å²) in [6, 6.07) is 15.1. The average molecular weight is 354 g/mol. The number of rotatable bonds is 3. The van der Waals surface area contributed by atoms with Crippen molar-refractivity contribution in [3.05, 3.63) is 70.6 Å². The maximum atomic E-state index is 12.5. The number of nitrogens with one attached hydrogen (secondary N) is 1. The third-order valence-corrected chi connectivity index (χ3v) is 5.68. The third-order valence-electron chi connectivity index (χ3n) is 3.32. The SMILES string of the molecule is Cc1ccc(S(=N)(=O)/C=C/c2ccc(C#C[Si](C)(C)C)cc2)cc1. The van der Waals surface area contributed by atoms with Crippen molar-refractivity contribution in [2.24, 2.45) is 0 Å². The van der Waals surface area contributed by atoms with E-state index >= 15 is 0 Å². The van der Waals surface area contributed by atoms with Crippen LogP contribution in [0.15, 0.2) is 58.8 Å². The van der Waals surface area contributed by atoms with Gasteiger partial charge in [0.25, 0.3) is 0 Å². The Labute approximate surface area is 146 Å². The zero-order valence-corrected chi connectivity index (χ0v) is 16.4. The van der Waals surface area contributed by atoms with Crippen molar-refractivity contribution in [1.29, 1.82) is 4.78 Å². The highest BCUT2D eigenvalue weighted by molar-refractivity contribution is 7.95. The van der Waals surface area contributed by atoms with Crippen molar-refractivity contribution in [2.75, 3.05) is 0 Å². The molecule has 0 saturated carbocycles. The van der Waals surface area contributed by atoms with Crippen LogP contribution in [0.5, 0.6) is 0 Å². The second-order valence-electron chi connectivity index (χ2n) is 6.84. The molecule has 1 unspecified atom stereocenters. The number of benzene rings is 2. The molecule has 0 aromatic heterocycles. The predicted molar refractivity (Wildman–Crippen MR) is 106 cm³/mol. The van der Waals surface area contributed by atoms with Crippen LogP contribution in [0.25, 0.3) is 6.08 Å². The lowest BCUT2D eigenvalue weighted by molar-refractivity contribution is 0.681. The molecular weight excluding hydrogens is 330 g/mol. The molecule has 0 aliphatic rings. The standard InChI is InChI=1S/C20H23NOSSi/c1-17-5-11-20(12-6-17)23(21,22)15-13-18-7-9-19(10-8-18)14-16-24(2,3)4/h5-13,15,21H,1-4H3/b15-13+. The van der Waals surface area contributed by atoms with Gasteiger partial charge in [-0.05, 0) is 42.8 Å². The normalized spacial score (nSPS) is 14.0.